The van der Waals surface area contributed by atoms with Crippen molar-refractivity contribution in [2.45, 2.75) is 50.0 Å². The van der Waals surface area contributed by atoms with Crippen molar-refractivity contribution in [3.05, 3.63) is 71.3 Å². The lowest BCUT2D eigenvalue weighted by molar-refractivity contribution is -0.123. The Balaban J connectivity index is 1.41. The normalized spacial score (nSPS) is 27.4. The lowest BCUT2D eigenvalue weighted by Gasteiger charge is -2.38. The van der Waals surface area contributed by atoms with Crippen LogP contribution in [0.15, 0.2) is 54.6 Å². The van der Waals surface area contributed by atoms with E-state index in [1.165, 1.54) is 5.56 Å². The van der Waals surface area contributed by atoms with Crippen LogP contribution >= 0.6 is 0 Å². The van der Waals surface area contributed by atoms with Crippen molar-refractivity contribution in [2.24, 2.45) is 0 Å². The molecule has 2 N–H and O–H groups in total. The number of hydrogen-bond donors (Lipinski definition) is 2. The molecule has 1 fully saturated rings. The Bertz CT molecular complexity index is 838. The van der Waals surface area contributed by atoms with Crippen LogP contribution in [0.1, 0.15) is 60.0 Å². The molecular formula is C23H26N2O2. The first-order valence-electron chi connectivity index (χ1n) is 9.80. The van der Waals surface area contributed by atoms with Crippen LogP contribution in [0.25, 0.3) is 0 Å². The van der Waals surface area contributed by atoms with Crippen LogP contribution in [0.4, 0.5) is 0 Å². The minimum atomic E-state index is -0.304. The van der Waals surface area contributed by atoms with E-state index in [9.17, 15) is 9.59 Å². The summed E-state index contributed by atoms with van der Waals surface area (Å²) in [6, 6.07) is 18.3. The summed E-state index contributed by atoms with van der Waals surface area (Å²) in [5, 5.41) is 6.08. The Morgan fingerprint density at radius 3 is 2.44 bits per heavy atom. The van der Waals surface area contributed by atoms with Crippen molar-refractivity contribution in [3.63, 3.8) is 0 Å². The van der Waals surface area contributed by atoms with Gasteiger partial charge in [0.1, 0.15) is 0 Å². The van der Waals surface area contributed by atoms with Crippen LogP contribution < -0.4 is 10.6 Å². The van der Waals surface area contributed by atoms with Crippen molar-refractivity contribution >= 4 is 11.8 Å². The van der Waals surface area contributed by atoms with Crippen LogP contribution in [0, 0.1) is 0 Å². The highest BCUT2D eigenvalue weighted by molar-refractivity contribution is 6.00. The summed E-state index contributed by atoms with van der Waals surface area (Å²) in [5.74, 6) is -0.372. The number of carbonyl (C=O) groups is 2. The van der Waals surface area contributed by atoms with Crippen molar-refractivity contribution in [1.29, 1.82) is 0 Å². The van der Waals surface area contributed by atoms with E-state index in [1.807, 2.05) is 18.2 Å². The Morgan fingerprint density at radius 1 is 1.04 bits per heavy atom. The molecule has 1 aliphatic carbocycles. The Morgan fingerprint density at radius 2 is 1.70 bits per heavy atom. The van der Waals surface area contributed by atoms with Gasteiger partial charge in [0.2, 0.25) is 5.91 Å². The van der Waals surface area contributed by atoms with Gasteiger partial charge in [-0.25, -0.2) is 0 Å². The molecule has 0 radical (unpaired) electrons. The first kappa shape index (κ1) is 17.8. The molecule has 27 heavy (non-hydrogen) atoms. The molecule has 2 amide bonds. The van der Waals surface area contributed by atoms with Crippen molar-refractivity contribution in [1.82, 2.24) is 10.6 Å². The number of hydrogen-bond acceptors (Lipinski definition) is 2. The number of amides is 2. The van der Waals surface area contributed by atoms with E-state index in [2.05, 4.69) is 47.9 Å². The second kappa shape index (κ2) is 7.18. The fourth-order valence-corrected chi connectivity index (χ4v) is 4.47. The molecule has 4 heteroatoms. The standard InChI is InChI=1S/C23H26N2O2/c1-23(16-7-3-2-4-8-16)13-11-17(12-14-23)25-22(27)20-15-24-21(26)19-10-6-5-9-18(19)20/h2-10,17,20H,11-15H2,1H3,(H,24,26)(H,25,27). The van der Waals surface area contributed by atoms with Crippen molar-refractivity contribution < 1.29 is 9.59 Å². The zero-order valence-corrected chi connectivity index (χ0v) is 15.7. The number of carbonyl (C=O) groups excluding carboxylic acids is 2. The Kier molecular flexibility index (Phi) is 4.73. The molecule has 140 valence electrons. The summed E-state index contributed by atoms with van der Waals surface area (Å²) in [5.41, 5.74) is 3.03. The molecule has 1 heterocycles. The smallest absolute Gasteiger partial charge is 0.251 e. The summed E-state index contributed by atoms with van der Waals surface area (Å²) in [6.07, 6.45) is 4.11. The molecule has 0 bridgehead atoms. The third kappa shape index (κ3) is 3.48. The van der Waals surface area contributed by atoms with E-state index in [4.69, 9.17) is 0 Å². The van der Waals surface area contributed by atoms with E-state index in [1.54, 1.807) is 6.07 Å². The predicted molar refractivity (Wildman–Crippen MR) is 106 cm³/mol. The fourth-order valence-electron chi connectivity index (χ4n) is 4.47. The lowest BCUT2D eigenvalue weighted by atomic mass is 9.69. The van der Waals surface area contributed by atoms with Gasteiger partial charge in [-0.15, -0.1) is 0 Å². The average Bonchev–Trinajstić information content (AvgIpc) is 2.71. The molecule has 4 rings (SSSR count). The summed E-state index contributed by atoms with van der Waals surface area (Å²) >= 11 is 0. The quantitative estimate of drug-likeness (QED) is 0.878. The highest BCUT2D eigenvalue weighted by atomic mass is 16.2. The molecule has 0 spiro atoms. The molecule has 2 aliphatic rings. The zero-order valence-electron chi connectivity index (χ0n) is 15.7. The largest absolute Gasteiger partial charge is 0.353 e. The zero-order chi connectivity index (χ0) is 18.9. The first-order chi connectivity index (χ1) is 13.1. The molecule has 1 atom stereocenters. The topological polar surface area (TPSA) is 58.2 Å². The molecule has 0 saturated heterocycles. The Labute approximate surface area is 160 Å². The summed E-state index contributed by atoms with van der Waals surface area (Å²) in [6.45, 7) is 2.70. The molecule has 4 nitrogen and oxygen atoms in total. The van der Waals surface area contributed by atoms with Crippen LogP contribution in [0.3, 0.4) is 0 Å². The van der Waals surface area contributed by atoms with E-state index in [0.29, 0.717) is 12.1 Å². The van der Waals surface area contributed by atoms with Gasteiger partial charge in [0.15, 0.2) is 0 Å². The van der Waals surface area contributed by atoms with Gasteiger partial charge in [-0.2, -0.15) is 0 Å². The summed E-state index contributed by atoms with van der Waals surface area (Å²) < 4.78 is 0. The van der Waals surface area contributed by atoms with E-state index in [0.717, 1.165) is 31.2 Å². The van der Waals surface area contributed by atoms with Gasteiger partial charge in [-0.05, 0) is 48.3 Å². The van der Waals surface area contributed by atoms with Crippen LogP contribution in [0.2, 0.25) is 0 Å². The molecule has 2 aromatic carbocycles. The maximum Gasteiger partial charge on any atom is 0.251 e. The monoisotopic (exact) mass is 362 g/mol. The second-order valence-electron chi connectivity index (χ2n) is 8.06. The van der Waals surface area contributed by atoms with Gasteiger partial charge in [-0.3, -0.25) is 9.59 Å². The highest BCUT2D eigenvalue weighted by Crippen LogP contribution is 2.39. The number of fused-ring (bicyclic) bond motifs is 1. The van der Waals surface area contributed by atoms with Gasteiger partial charge in [0.05, 0.1) is 5.92 Å². The number of benzene rings is 2. The summed E-state index contributed by atoms with van der Waals surface area (Å²) in [4.78, 5) is 24.9. The van der Waals surface area contributed by atoms with E-state index in [-0.39, 0.29) is 29.2 Å². The minimum absolute atomic E-state index is 0.0239. The Hall–Kier alpha value is -2.62. The maximum atomic E-state index is 12.9. The van der Waals surface area contributed by atoms with Gasteiger partial charge >= 0.3 is 0 Å². The van der Waals surface area contributed by atoms with Crippen LogP contribution in [-0.2, 0) is 10.2 Å². The molecule has 1 aliphatic heterocycles. The third-order valence-electron chi connectivity index (χ3n) is 6.27. The molecule has 0 aromatic heterocycles. The third-order valence-corrected chi connectivity index (χ3v) is 6.27. The number of rotatable bonds is 3. The van der Waals surface area contributed by atoms with Crippen molar-refractivity contribution in [3.8, 4) is 0 Å². The maximum absolute atomic E-state index is 12.9. The van der Waals surface area contributed by atoms with Crippen molar-refractivity contribution in [2.75, 3.05) is 6.54 Å². The highest BCUT2D eigenvalue weighted by Gasteiger charge is 2.35. The first-order valence-corrected chi connectivity index (χ1v) is 9.80. The molecular weight excluding hydrogens is 336 g/mol. The average molecular weight is 362 g/mol. The minimum Gasteiger partial charge on any atom is -0.353 e. The number of nitrogens with one attached hydrogen (secondary N) is 2. The predicted octanol–water partition coefficient (Wildman–Crippen LogP) is 3.53. The lowest BCUT2D eigenvalue weighted by Crippen LogP contribution is -2.47. The van der Waals surface area contributed by atoms with Gasteiger partial charge in [0, 0.05) is 18.2 Å². The summed E-state index contributed by atoms with van der Waals surface area (Å²) in [7, 11) is 0. The van der Waals surface area contributed by atoms with Gasteiger partial charge in [0.25, 0.3) is 5.91 Å². The van der Waals surface area contributed by atoms with Gasteiger partial charge in [-0.1, -0.05) is 55.5 Å². The van der Waals surface area contributed by atoms with E-state index >= 15 is 0 Å². The molecule has 2 aromatic rings. The molecule has 1 saturated carbocycles. The van der Waals surface area contributed by atoms with Crippen LogP contribution in [-0.4, -0.2) is 24.4 Å². The van der Waals surface area contributed by atoms with Crippen LogP contribution in [0.5, 0.6) is 0 Å². The second-order valence-corrected chi connectivity index (χ2v) is 8.06. The molecule has 1 unspecified atom stereocenters. The van der Waals surface area contributed by atoms with Gasteiger partial charge < -0.3 is 10.6 Å². The fraction of sp³-hybridized carbons (Fsp3) is 0.391. The SMILES string of the molecule is CC1(c2ccccc2)CCC(NC(=O)C2CNC(=O)c3ccccc32)CC1. The van der Waals surface area contributed by atoms with E-state index < -0.39 is 0 Å².